The van der Waals surface area contributed by atoms with Gasteiger partial charge < -0.3 is 10.6 Å². The third kappa shape index (κ3) is 5.65. The Hall–Kier alpha value is -2.68. The van der Waals surface area contributed by atoms with Crippen molar-refractivity contribution >= 4 is 63.0 Å². The molecule has 1 heterocycles. The predicted molar refractivity (Wildman–Crippen MR) is 108 cm³/mol. The number of benzene rings is 2. The van der Waals surface area contributed by atoms with Gasteiger partial charge in [-0.15, -0.1) is 10.2 Å². The van der Waals surface area contributed by atoms with Crippen molar-refractivity contribution in [2.24, 2.45) is 0 Å². The third-order valence-corrected chi connectivity index (χ3v) is 4.81. The minimum absolute atomic E-state index is 0.0582. The summed E-state index contributed by atoms with van der Waals surface area (Å²) in [6, 6.07) is 13.3. The molecule has 0 unspecified atom stereocenters. The largest absolute Gasteiger partial charge is 0.326 e. The molecule has 3 rings (SSSR count). The van der Waals surface area contributed by atoms with Gasteiger partial charge in [-0.25, -0.2) is 4.79 Å². The fraction of sp³-hybridized carbons (Fsp3) is 0.0588. The van der Waals surface area contributed by atoms with Crippen molar-refractivity contribution in [3.63, 3.8) is 0 Å². The van der Waals surface area contributed by atoms with Gasteiger partial charge in [0, 0.05) is 11.4 Å². The third-order valence-electron chi connectivity index (χ3n) is 3.23. The van der Waals surface area contributed by atoms with E-state index in [1.807, 2.05) is 18.2 Å². The first-order valence-electron chi connectivity index (χ1n) is 7.70. The van der Waals surface area contributed by atoms with Crippen molar-refractivity contribution in [2.45, 2.75) is 6.42 Å². The zero-order valence-corrected chi connectivity index (χ0v) is 16.0. The first-order valence-corrected chi connectivity index (χ1v) is 9.27. The van der Waals surface area contributed by atoms with Crippen molar-refractivity contribution in [2.75, 3.05) is 16.0 Å². The number of hydrogen-bond donors (Lipinski definition) is 3. The molecule has 0 atom stereocenters. The number of urea groups is 1. The molecule has 0 aliphatic carbocycles. The molecule has 1 aromatic heterocycles. The van der Waals surface area contributed by atoms with Gasteiger partial charge in [-0.3, -0.25) is 10.1 Å². The number of hydrogen-bond acceptors (Lipinski definition) is 5. The molecule has 0 radical (unpaired) electrons. The van der Waals surface area contributed by atoms with Crippen LogP contribution in [0.2, 0.25) is 10.0 Å². The highest BCUT2D eigenvalue weighted by Crippen LogP contribution is 2.25. The Kier molecular flexibility index (Phi) is 6.23. The van der Waals surface area contributed by atoms with E-state index >= 15 is 0 Å². The Balaban J connectivity index is 1.53. The number of amides is 3. The molecule has 27 heavy (non-hydrogen) atoms. The molecule has 10 heteroatoms. The van der Waals surface area contributed by atoms with Gasteiger partial charge in [0.05, 0.1) is 16.5 Å². The van der Waals surface area contributed by atoms with Crippen LogP contribution in [-0.2, 0) is 11.2 Å². The monoisotopic (exact) mass is 421 g/mol. The summed E-state index contributed by atoms with van der Waals surface area (Å²) < 4.78 is 0. The number of para-hydroxylation sites is 1. The molecule has 0 saturated carbocycles. The molecular formula is C17H13Cl2N5O2S. The quantitative estimate of drug-likeness (QED) is 0.557. The Morgan fingerprint density at radius 2 is 1.67 bits per heavy atom. The Morgan fingerprint density at radius 1 is 0.889 bits per heavy atom. The lowest BCUT2D eigenvalue weighted by Gasteiger charge is -2.06. The average Bonchev–Trinajstić information content (AvgIpc) is 3.05. The number of aromatic nitrogens is 2. The smallest absolute Gasteiger partial charge is 0.325 e. The number of carbonyl (C=O) groups excluding carboxylic acids is 2. The Labute approximate surface area is 168 Å². The zero-order valence-electron chi connectivity index (χ0n) is 13.7. The average molecular weight is 422 g/mol. The van der Waals surface area contributed by atoms with Crippen molar-refractivity contribution in [1.82, 2.24) is 10.2 Å². The van der Waals surface area contributed by atoms with Crippen LogP contribution < -0.4 is 16.0 Å². The summed E-state index contributed by atoms with van der Waals surface area (Å²) in [6.45, 7) is 0. The van der Waals surface area contributed by atoms with E-state index < -0.39 is 6.03 Å². The molecule has 3 amide bonds. The summed E-state index contributed by atoms with van der Waals surface area (Å²) >= 11 is 12.9. The zero-order chi connectivity index (χ0) is 19.2. The van der Waals surface area contributed by atoms with Gasteiger partial charge >= 0.3 is 6.03 Å². The maximum atomic E-state index is 12.0. The highest BCUT2D eigenvalue weighted by atomic mass is 35.5. The van der Waals surface area contributed by atoms with Crippen LogP contribution in [0.3, 0.4) is 0 Å². The molecule has 2 aromatic carbocycles. The lowest BCUT2D eigenvalue weighted by Crippen LogP contribution is -2.19. The number of nitrogens with zero attached hydrogens (tertiary/aromatic N) is 2. The SMILES string of the molecule is O=C(Cc1nnc(NC(=O)Nc2ccc(Cl)c(Cl)c2)s1)Nc1ccccc1. The van der Waals surface area contributed by atoms with E-state index in [-0.39, 0.29) is 17.5 Å². The van der Waals surface area contributed by atoms with Crippen molar-refractivity contribution in [3.8, 4) is 0 Å². The van der Waals surface area contributed by atoms with Crippen molar-refractivity contribution < 1.29 is 9.59 Å². The highest BCUT2D eigenvalue weighted by molar-refractivity contribution is 7.15. The molecule has 138 valence electrons. The number of nitrogens with one attached hydrogen (secondary N) is 3. The summed E-state index contributed by atoms with van der Waals surface area (Å²) in [4.78, 5) is 24.0. The molecule has 0 saturated heterocycles. The minimum atomic E-state index is -0.509. The summed E-state index contributed by atoms with van der Waals surface area (Å²) in [5, 5.41) is 17.2. The highest BCUT2D eigenvalue weighted by Gasteiger charge is 2.12. The maximum Gasteiger partial charge on any atom is 0.325 e. The van der Waals surface area contributed by atoms with E-state index in [0.29, 0.717) is 26.4 Å². The lowest BCUT2D eigenvalue weighted by molar-refractivity contribution is -0.115. The van der Waals surface area contributed by atoms with Crippen LogP contribution in [-0.4, -0.2) is 22.1 Å². The van der Waals surface area contributed by atoms with E-state index in [1.54, 1.807) is 24.3 Å². The number of rotatable bonds is 5. The Morgan fingerprint density at radius 3 is 2.41 bits per heavy atom. The van der Waals surface area contributed by atoms with E-state index in [2.05, 4.69) is 26.1 Å². The molecule has 0 aliphatic heterocycles. The normalized spacial score (nSPS) is 10.3. The first-order chi connectivity index (χ1) is 13.0. The topological polar surface area (TPSA) is 96.0 Å². The Bertz CT molecular complexity index is 965. The fourth-order valence-electron chi connectivity index (χ4n) is 2.07. The molecule has 3 aromatic rings. The van der Waals surface area contributed by atoms with Crippen molar-refractivity contribution in [1.29, 1.82) is 0 Å². The summed E-state index contributed by atoms with van der Waals surface area (Å²) in [7, 11) is 0. The minimum Gasteiger partial charge on any atom is -0.326 e. The van der Waals surface area contributed by atoms with Crippen LogP contribution in [0.15, 0.2) is 48.5 Å². The fourth-order valence-corrected chi connectivity index (χ4v) is 3.10. The van der Waals surface area contributed by atoms with Gasteiger partial charge in [0.1, 0.15) is 5.01 Å². The van der Waals surface area contributed by atoms with Crippen LogP contribution in [0.25, 0.3) is 0 Å². The molecule has 0 aliphatic rings. The summed E-state index contributed by atoms with van der Waals surface area (Å²) in [6.07, 6.45) is 0.0582. The second-order valence-electron chi connectivity index (χ2n) is 5.30. The van der Waals surface area contributed by atoms with Crippen LogP contribution in [0.4, 0.5) is 21.3 Å². The van der Waals surface area contributed by atoms with Gasteiger partial charge in [0.2, 0.25) is 11.0 Å². The molecule has 3 N–H and O–H groups in total. The van der Waals surface area contributed by atoms with E-state index in [1.165, 1.54) is 6.07 Å². The molecule has 7 nitrogen and oxygen atoms in total. The molecular weight excluding hydrogens is 409 g/mol. The summed E-state index contributed by atoms with van der Waals surface area (Å²) in [5.74, 6) is -0.218. The number of anilines is 3. The van der Waals surface area contributed by atoms with Gasteiger partial charge in [0.25, 0.3) is 0 Å². The van der Waals surface area contributed by atoms with E-state index in [4.69, 9.17) is 23.2 Å². The van der Waals surface area contributed by atoms with E-state index in [0.717, 1.165) is 11.3 Å². The van der Waals surface area contributed by atoms with Crippen LogP contribution in [0.5, 0.6) is 0 Å². The first kappa shape index (κ1) is 19.1. The predicted octanol–water partition coefficient (Wildman–Crippen LogP) is 4.67. The molecule has 0 fully saturated rings. The number of halogens is 2. The van der Waals surface area contributed by atoms with Gasteiger partial charge in [0.15, 0.2) is 0 Å². The number of carbonyl (C=O) groups is 2. The summed E-state index contributed by atoms with van der Waals surface area (Å²) in [5.41, 5.74) is 1.18. The standard InChI is InChI=1S/C17H13Cl2N5O2S/c18-12-7-6-11(8-13(12)19)21-16(26)22-17-24-23-15(27-17)9-14(25)20-10-4-2-1-3-5-10/h1-8H,9H2,(H,20,25)(H2,21,22,24,26). The molecule has 0 bridgehead atoms. The van der Waals surface area contributed by atoms with Gasteiger partial charge in [-0.2, -0.15) is 0 Å². The van der Waals surface area contributed by atoms with Crippen molar-refractivity contribution in [3.05, 3.63) is 63.6 Å². The second-order valence-corrected chi connectivity index (χ2v) is 7.18. The second kappa shape index (κ2) is 8.81. The molecule has 0 spiro atoms. The van der Waals surface area contributed by atoms with Gasteiger partial charge in [-0.05, 0) is 30.3 Å². The van der Waals surface area contributed by atoms with Crippen LogP contribution >= 0.6 is 34.5 Å². The lowest BCUT2D eigenvalue weighted by atomic mass is 10.3. The van der Waals surface area contributed by atoms with E-state index in [9.17, 15) is 9.59 Å². The van der Waals surface area contributed by atoms with Crippen LogP contribution in [0, 0.1) is 0 Å². The maximum absolute atomic E-state index is 12.0. The van der Waals surface area contributed by atoms with Gasteiger partial charge in [-0.1, -0.05) is 52.7 Å². The van der Waals surface area contributed by atoms with Crippen LogP contribution in [0.1, 0.15) is 5.01 Å².